The van der Waals surface area contributed by atoms with Crippen LogP contribution in [0.1, 0.15) is 95.6 Å². The van der Waals surface area contributed by atoms with Crippen LogP contribution in [0.4, 0.5) is 0 Å². The topological polar surface area (TPSA) is 420 Å². The van der Waals surface area contributed by atoms with Crippen molar-refractivity contribution in [3.05, 3.63) is 71.9 Å². The second kappa shape index (κ2) is 30.7. The molecule has 0 saturated carbocycles. The van der Waals surface area contributed by atoms with E-state index >= 15 is 0 Å². The maximum atomic E-state index is 14.6. The van der Waals surface area contributed by atoms with E-state index in [2.05, 4.69) is 57.5 Å². The quantitative estimate of drug-likeness (QED) is 0.0346. The minimum atomic E-state index is -1.58. The average molecular weight is 1040 g/mol. The third-order valence-electron chi connectivity index (χ3n) is 12.3. The smallest absolute Gasteiger partial charge is 0.243 e. The summed E-state index contributed by atoms with van der Waals surface area (Å²) >= 11 is 0. The molecule has 25 nitrogen and oxygen atoms in total. The first-order chi connectivity index (χ1) is 35.8. The zero-order chi connectivity index (χ0) is 54.9. The average Bonchev–Trinajstić information content (AvgIpc) is 3.77. The third kappa shape index (κ3) is 20.7. The van der Waals surface area contributed by atoms with Crippen LogP contribution in [-0.2, 0) is 56.0 Å². The van der Waals surface area contributed by atoms with E-state index in [0.717, 1.165) is 10.9 Å². The van der Waals surface area contributed by atoms with Crippen molar-refractivity contribution in [2.24, 2.45) is 38.7 Å². The Balaban J connectivity index is 1.77. The summed E-state index contributed by atoms with van der Waals surface area (Å²) in [5.41, 5.74) is 29.9. The molecule has 0 aliphatic carbocycles. The Labute approximate surface area is 435 Å². The number of carbonyl (C=O) groups is 9. The number of para-hydroxylation sites is 1. The Morgan fingerprint density at radius 1 is 0.680 bits per heavy atom. The Bertz CT molecular complexity index is 2490. The molecule has 2 aromatic carbocycles. The second-order valence-corrected chi connectivity index (χ2v) is 18.4. The predicted molar refractivity (Wildman–Crippen MR) is 281 cm³/mol. The van der Waals surface area contributed by atoms with Crippen LogP contribution in [0, 0.1) is 0 Å². The molecular formula is C50H74N16O9. The van der Waals surface area contributed by atoms with E-state index < -0.39 is 102 Å². The molecule has 1 saturated heterocycles. The Kier molecular flexibility index (Phi) is 24.3. The van der Waals surface area contributed by atoms with Gasteiger partial charge in [0.15, 0.2) is 11.9 Å². The minimum absolute atomic E-state index is 0.0337. The molecule has 1 aromatic heterocycles. The highest BCUT2D eigenvalue weighted by Crippen LogP contribution is 2.20. The molecule has 0 spiro atoms. The lowest BCUT2D eigenvalue weighted by Gasteiger charge is -2.28. The van der Waals surface area contributed by atoms with Gasteiger partial charge in [-0.05, 0) is 68.6 Å². The van der Waals surface area contributed by atoms with Gasteiger partial charge in [0, 0.05) is 56.5 Å². The summed E-state index contributed by atoms with van der Waals surface area (Å²) in [6.07, 6.45) is 3.04. The zero-order valence-electron chi connectivity index (χ0n) is 42.6. The van der Waals surface area contributed by atoms with Crippen molar-refractivity contribution in [3.8, 4) is 0 Å². The van der Waals surface area contributed by atoms with Gasteiger partial charge in [0.25, 0.3) is 0 Å². The maximum Gasteiger partial charge on any atom is 0.243 e. The first kappa shape index (κ1) is 59.3. The number of aliphatic imine (C=N–C) groups is 2. The maximum absolute atomic E-state index is 14.6. The summed E-state index contributed by atoms with van der Waals surface area (Å²) in [5.74, 6) is -7.29. The number of benzene rings is 2. The monoisotopic (exact) mass is 1040 g/mol. The fraction of sp³-hybridized carbons (Fsp3) is 0.500. The van der Waals surface area contributed by atoms with Crippen LogP contribution >= 0.6 is 0 Å². The zero-order valence-corrected chi connectivity index (χ0v) is 42.6. The van der Waals surface area contributed by atoms with Crippen molar-refractivity contribution in [2.75, 3.05) is 19.6 Å². The molecule has 25 heteroatoms. The standard InChI is InChI=1S/C50H74N16O9/c1-3-4-17-36-44(71)64-38(25-30-14-6-5-7-15-30)46(73)63-37(21-13-24-58-50(54)55)45(72)65-39(26-31-28-59-33-18-9-8-16-32(31)33)47(74)61-34(42(51)69)19-10-11-22-56-41(68)27-40(48(75)62-36)66-43(70)35(60-29(2)67)20-12-23-57-49(52)53/h5-9,14-16,18,28,34-40,59H,3-4,10-13,17,19-27H2,1-2H3,(H2,51,69)(H,56,68)(H,60,67)(H,61,74)(H,62,75)(H,63,73)(H,64,71)(H,65,72)(H,66,70)(H4,52,53,57)(H4,54,55,58). The van der Waals surface area contributed by atoms with Gasteiger partial charge in [-0.2, -0.15) is 0 Å². The van der Waals surface area contributed by atoms with Crippen molar-refractivity contribution in [1.82, 2.24) is 47.5 Å². The fourth-order valence-corrected chi connectivity index (χ4v) is 8.34. The number of unbranched alkanes of at least 4 members (excludes halogenated alkanes) is 1. The number of amides is 9. The number of aromatic amines is 1. The van der Waals surface area contributed by atoms with Gasteiger partial charge in [-0.1, -0.05) is 68.3 Å². The van der Waals surface area contributed by atoms with Crippen LogP contribution in [0.25, 0.3) is 10.9 Å². The van der Waals surface area contributed by atoms with Gasteiger partial charge in [-0.3, -0.25) is 53.1 Å². The highest BCUT2D eigenvalue weighted by atomic mass is 16.2. The van der Waals surface area contributed by atoms with Crippen LogP contribution in [0.5, 0.6) is 0 Å². The van der Waals surface area contributed by atoms with E-state index in [1.807, 2.05) is 31.2 Å². The van der Waals surface area contributed by atoms with Crippen LogP contribution in [-0.4, -0.2) is 132 Å². The highest BCUT2D eigenvalue weighted by molar-refractivity contribution is 5.99. The molecule has 7 unspecified atom stereocenters. The number of nitrogens with one attached hydrogen (secondary N) is 9. The predicted octanol–water partition coefficient (Wildman–Crippen LogP) is -2.16. The minimum Gasteiger partial charge on any atom is -0.370 e. The molecule has 2 heterocycles. The van der Waals surface area contributed by atoms with Crippen molar-refractivity contribution in [2.45, 2.75) is 140 Å². The van der Waals surface area contributed by atoms with Crippen molar-refractivity contribution < 1.29 is 43.2 Å². The van der Waals surface area contributed by atoms with E-state index in [1.165, 1.54) is 6.92 Å². The van der Waals surface area contributed by atoms with Gasteiger partial charge >= 0.3 is 0 Å². The number of guanidine groups is 2. The molecule has 75 heavy (non-hydrogen) atoms. The lowest BCUT2D eigenvalue weighted by atomic mass is 10.0. The number of rotatable bonds is 19. The molecule has 9 amide bonds. The molecule has 0 bridgehead atoms. The molecule has 1 fully saturated rings. The van der Waals surface area contributed by atoms with Gasteiger partial charge < -0.3 is 76.2 Å². The summed E-state index contributed by atoms with van der Waals surface area (Å²) < 4.78 is 0. The summed E-state index contributed by atoms with van der Waals surface area (Å²) in [7, 11) is 0. The van der Waals surface area contributed by atoms with E-state index in [1.54, 1.807) is 36.5 Å². The molecule has 7 atom stereocenters. The number of nitrogens with zero attached hydrogens (tertiary/aromatic N) is 2. The van der Waals surface area contributed by atoms with Gasteiger partial charge in [-0.15, -0.1) is 0 Å². The molecule has 4 rings (SSSR count). The molecule has 1 aliphatic heterocycles. The normalized spacial score (nSPS) is 21.1. The number of H-pyrrole nitrogens is 1. The highest BCUT2D eigenvalue weighted by Gasteiger charge is 2.35. The number of carbonyl (C=O) groups excluding carboxylic acids is 9. The molecule has 1 aliphatic rings. The van der Waals surface area contributed by atoms with E-state index in [9.17, 15) is 43.2 Å². The van der Waals surface area contributed by atoms with Gasteiger partial charge in [0.1, 0.15) is 42.3 Å². The molecule has 19 N–H and O–H groups in total. The second-order valence-electron chi connectivity index (χ2n) is 18.4. The van der Waals surface area contributed by atoms with Crippen LogP contribution < -0.4 is 71.2 Å². The molecule has 3 aromatic rings. The first-order valence-corrected chi connectivity index (χ1v) is 25.2. The Morgan fingerprint density at radius 2 is 1.25 bits per heavy atom. The number of hydrogen-bond acceptors (Lipinski definition) is 11. The summed E-state index contributed by atoms with van der Waals surface area (Å²) in [6, 6.07) is 6.76. The van der Waals surface area contributed by atoms with Crippen molar-refractivity contribution in [3.63, 3.8) is 0 Å². The largest absolute Gasteiger partial charge is 0.370 e. The number of primary amides is 1. The van der Waals surface area contributed by atoms with Crippen LogP contribution in [0.15, 0.2) is 70.8 Å². The van der Waals surface area contributed by atoms with Crippen LogP contribution in [0.3, 0.4) is 0 Å². The lowest BCUT2D eigenvalue weighted by Crippen LogP contribution is -2.60. The molecule has 408 valence electrons. The number of hydrogen-bond donors (Lipinski definition) is 14. The summed E-state index contributed by atoms with van der Waals surface area (Å²) in [5, 5.41) is 22.3. The van der Waals surface area contributed by atoms with Crippen molar-refractivity contribution in [1.29, 1.82) is 0 Å². The van der Waals surface area contributed by atoms with Gasteiger partial charge in [0.05, 0.1) is 6.42 Å². The number of nitrogens with two attached hydrogens (primary N) is 5. The molecular weight excluding hydrogens is 969 g/mol. The summed E-state index contributed by atoms with van der Waals surface area (Å²) in [6.45, 7) is 3.31. The number of fused-ring (bicyclic) bond motifs is 1. The van der Waals surface area contributed by atoms with E-state index in [4.69, 9.17) is 28.7 Å². The first-order valence-electron chi connectivity index (χ1n) is 25.2. The van der Waals surface area contributed by atoms with E-state index in [-0.39, 0.29) is 95.8 Å². The SMILES string of the molecule is CCCCC1NC(=O)C(NC(=O)C(CCCN=C(N)N)NC(C)=O)CC(=O)NCCCCC(C(N)=O)NC(=O)C(Cc2c[nH]c3ccccc23)NC(=O)C(CCCN=C(N)N)NC(=O)C(Cc2ccccc2)NC1=O. The Morgan fingerprint density at radius 3 is 1.89 bits per heavy atom. The molecule has 0 radical (unpaired) electrons. The lowest BCUT2D eigenvalue weighted by molar-refractivity contribution is -0.136. The Hall–Kier alpha value is -8.25. The third-order valence-corrected chi connectivity index (χ3v) is 12.3. The number of aromatic nitrogens is 1. The summed E-state index contributed by atoms with van der Waals surface area (Å²) in [4.78, 5) is 136. The van der Waals surface area contributed by atoms with Crippen molar-refractivity contribution >= 4 is 76.0 Å². The van der Waals surface area contributed by atoms with Gasteiger partial charge in [-0.25, -0.2) is 0 Å². The van der Waals surface area contributed by atoms with E-state index in [0.29, 0.717) is 24.0 Å². The fourth-order valence-electron chi connectivity index (χ4n) is 8.34. The van der Waals surface area contributed by atoms with Crippen LogP contribution in [0.2, 0.25) is 0 Å². The van der Waals surface area contributed by atoms with Gasteiger partial charge in [0.2, 0.25) is 53.2 Å².